The first kappa shape index (κ1) is 60.8. The highest BCUT2D eigenvalue weighted by molar-refractivity contribution is 8.00. The summed E-state index contributed by atoms with van der Waals surface area (Å²) in [4.78, 5) is 64.6. The van der Waals surface area contributed by atoms with Gasteiger partial charge in [0.1, 0.15) is 18.8 Å². The minimum absolute atomic E-state index is 0.0699. The molecule has 366 valence electrons. The second-order valence-corrected chi connectivity index (χ2v) is 19.6. The Morgan fingerprint density at radius 1 is 0.714 bits per heavy atom. The number of rotatable bonds is 41. The molecule has 0 radical (unpaired) electrons. The quantitative estimate of drug-likeness (QED) is 0.0101. The van der Waals surface area contributed by atoms with Crippen LogP contribution in [-0.2, 0) is 46.6 Å². The summed E-state index contributed by atoms with van der Waals surface area (Å²) in [5.41, 5.74) is 6.17. The lowest BCUT2D eigenvalue weighted by Crippen LogP contribution is -2.40. The Hall–Kier alpha value is -2.18. The minimum Gasteiger partial charge on any atom is -0.481 e. The number of hydrogen-bond donors (Lipinski definition) is 7. The van der Waals surface area contributed by atoms with Crippen LogP contribution in [0.3, 0.4) is 0 Å². The highest BCUT2D eigenvalue weighted by atomic mass is 32.2. The number of allylic oxidation sites excluding steroid dienone is 7. The number of thioether (sulfide) groups is 1. The number of aliphatic carboxylic acids is 1. The monoisotopic (exact) mass is 957 g/mol. The van der Waals surface area contributed by atoms with E-state index in [0.29, 0.717) is 12.3 Å². The van der Waals surface area contributed by atoms with E-state index in [1.165, 1.54) is 44.9 Å². The molecule has 0 bridgehead atoms. The Labute approximate surface area is 379 Å². The summed E-state index contributed by atoms with van der Waals surface area (Å²) in [5.74, 6) is -1.93. The van der Waals surface area contributed by atoms with Gasteiger partial charge < -0.3 is 45.2 Å². The highest BCUT2D eigenvalue weighted by Gasteiger charge is 2.30. The van der Waals surface area contributed by atoms with Crippen LogP contribution in [0.1, 0.15) is 136 Å². The van der Waals surface area contributed by atoms with E-state index in [0.717, 1.165) is 50.3 Å². The molecule has 0 rings (SSSR count). The van der Waals surface area contributed by atoms with Crippen LogP contribution in [0.15, 0.2) is 48.6 Å². The Kier molecular flexibility index (Phi) is 36.7. The zero-order chi connectivity index (χ0) is 47.4. The number of carboxylic acids is 1. The van der Waals surface area contributed by atoms with E-state index in [9.17, 15) is 38.6 Å². The van der Waals surface area contributed by atoms with E-state index in [4.69, 9.17) is 34.6 Å². The molecule has 0 aromatic carbocycles. The predicted molar refractivity (Wildman–Crippen MR) is 245 cm³/mol. The van der Waals surface area contributed by atoms with Gasteiger partial charge in [0.15, 0.2) is 6.10 Å². The number of esters is 2. The van der Waals surface area contributed by atoms with E-state index in [1.807, 2.05) is 18.2 Å². The molecule has 0 aliphatic heterocycles. The zero-order valence-corrected chi connectivity index (χ0v) is 40.1. The number of ether oxygens (including phenoxy) is 2. The standard InChI is InChI=1S/C43H77NO16P2S/c1-4-5-6-7-8-9-10-11-12-16-19-22-27-40(39(46)26-24-28-41(47)48)63-34-38(44)43(50)60-37(33-59-62(54,55)58-31-36(45)30-57-61(51,52)53)32-56-42(49)29-23-20-17-14-13-15-18-21-25-35(2)3/h8-9,11-12,16,19,22,27,35-40,45-46H,4-7,10,13-15,17-18,20-21,23-26,28-34,44H2,1-3H3,(H,47,48)(H,54,55)(H2,51,52,53)/b9-8-,12-11-,19-16+,27-22+/t36-,37+,38-,39-,40+/m0/s1. The van der Waals surface area contributed by atoms with Crippen LogP contribution in [0.2, 0.25) is 0 Å². The van der Waals surface area contributed by atoms with Crippen molar-refractivity contribution in [3.8, 4) is 0 Å². The number of carboxylic acid groups (broad SMARTS) is 1. The number of aliphatic hydroxyl groups excluding tert-OH is 2. The molecule has 0 aliphatic carbocycles. The van der Waals surface area contributed by atoms with E-state index in [1.54, 1.807) is 18.2 Å². The third-order valence-corrected chi connectivity index (χ3v) is 12.0. The van der Waals surface area contributed by atoms with Crippen LogP contribution < -0.4 is 5.73 Å². The van der Waals surface area contributed by atoms with E-state index < -0.39 is 89.6 Å². The first-order chi connectivity index (χ1) is 29.8. The zero-order valence-electron chi connectivity index (χ0n) is 37.5. The maximum atomic E-state index is 13.2. The van der Waals surface area contributed by atoms with Gasteiger partial charge in [-0.25, -0.2) is 9.13 Å². The maximum Gasteiger partial charge on any atom is 0.472 e. The summed E-state index contributed by atoms with van der Waals surface area (Å²) in [6.07, 6.45) is 26.2. The average Bonchev–Trinajstić information content (AvgIpc) is 3.21. The molecule has 0 saturated heterocycles. The summed E-state index contributed by atoms with van der Waals surface area (Å²) in [6, 6.07) is -1.29. The molecule has 20 heteroatoms. The molecule has 0 fully saturated rings. The van der Waals surface area contributed by atoms with Gasteiger partial charge >= 0.3 is 33.6 Å². The molecule has 0 heterocycles. The molecule has 0 aromatic heterocycles. The number of phosphoric acid groups is 2. The lowest BCUT2D eigenvalue weighted by atomic mass is 10.0. The fraction of sp³-hybridized carbons (Fsp3) is 0.744. The highest BCUT2D eigenvalue weighted by Crippen LogP contribution is 2.44. The number of carbonyl (C=O) groups excluding carboxylic acids is 2. The van der Waals surface area contributed by atoms with Crippen molar-refractivity contribution in [2.24, 2.45) is 11.7 Å². The normalized spacial score (nSPS) is 15.9. The molecule has 0 amide bonds. The van der Waals surface area contributed by atoms with Gasteiger partial charge in [-0.1, -0.05) is 134 Å². The summed E-state index contributed by atoms with van der Waals surface area (Å²) < 4.78 is 47.9. The SMILES string of the molecule is CCCCC/C=C\C\C=C/C=C/C=C/[C@@H](SC[C@H](N)C(=O)O[C@H](COC(=O)CCCCCCCCCCC(C)C)COP(=O)(O)OC[C@@H](O)COP(=O)(O)O)[C@@H](O)CCCC(=O)O. The molecule has 63 heavy (non-hydrogen) atoms. The van der Waals surface area contributed by atoms with E-state index >= 15 is 0 Å². The van der Waals surface area contributed by atoms with Gasteiger partial charge in [-0.15, -0.1) is 11.8 Å². The molecular weight excluding hydrogens is 880 g/mol. The van der Waals surface area contributed by atoms with Crippen LogP contribution in [0.5, 0.6) is 0 Å². The maximum absolute atomic E-state index is 13.2. The molecule has 0 saturated carbocycles. The van der Waals surface area contributed by atoms with Crippen molar-refractivity contribution >= 4 is 45.3 Å². The van der Waals surface area contributed by atoms with Crippen molar-refractivity contribution in [1.29, 1.82) is 0 Å². The van der Waals surface area contributed by atoms with Crippen molar-refractivity contribution in [3.63, 3.8) is 0 Å². The van der Waals surface area contributed by atoms with Crippen LogP contribution in [-0.4, -0.2) is 110 Å². The van der Waals surface area contributed by atoms with Crippen molar-refractivity contribution in [1.82, 2.24) is 0 Å². The first-order valence-corrected chi connectivity index (χ1v) is 26.2. The molecule has 1 unspecified atom stereocenters. The number of carbonyl (C=O) groups is 3. The summed E-state index contributed by atoms with van der Waals surface area (Å²) in [5, 5.41) is 29.2. The number of unbranched alkanes of at least 4 members (excludes halogenated alkanes) is 10. The van der Waals surface area contributed by atoms with Gasteiger partial charge in [-0.2, -0.15) is 0 Å². The number of hydrogen-bond acceptors (Lipinski definition) is 14. The van der Waals surface area contributed by atoms with Crippen LogP contribution >= 0.6 is 27.4 Å². The van der Waals surface area contributed by atoms with Crippen LogP contribution in [0.25, 0.3) is 0 Å². The predicted octanol–water partition coefficient (Wildman–Crippen LogP) is 7.84. The average molecular weight is 958 g/mol. The van der Waals surface area contributed by atoms with E-state index in [2.05, 4.69) is 42.0 Å². The molecule has 8 N–H and O–H groups in total. The van der Waals surface area contributed by atoms with Gasteiger partial charge in [0.25, 0.3) is 0 Å². The molecule has 17 nitrogen and oxygen atoms in total. The Morgan fingerprint density at radius 3 is 2.00 bits per heavy atom. The molecule has 0 spiro atoms. The number of phosphoric ester groups is 2. The lowest BCUT2D eigenvalue weighted by molar-refractivity contribution is -0.161. The second kappa shape index (κ2) is 38.0. The molecule has 6 atom stereocenters. The molecule has 0 aromatic rings. The lowest BCUT2D eigenvalue weighted by Gasteiger charge is -2.23. The molecular formula is C43H77NO16P2S. The van der Waals surface area contributed by atoms with Gasteiger partial charge in [0.2, 0.25) is 0 Å². The second-order valence-electron chi connectivity index (χ2n) is 15.7. The van der Waals surface area contributed by atoms with Gasteiger partial charge in [-0.05, 0) is 44.4 Å². The summed E-state index contributed by atoms with van der Waals surface area (Å²) in [6.45, 7) is 3.38. The van der Waals surface area contributed by atoms with Crippen molar-refractivity contribution in [2.45, 2.75) is 166 Å². The largest absolute Gasteiger partial charge is 0.481 e. The summed E-state index contributed by atoms with van der Waals surface area (Å²) >= 11 is 1.13. The molecule has 0 aliphatic rings. The van der Waals surface area contributed by atoms with Crippen molar-refractivity contribution in [3.05, 3.63) is 48.6 Å². The topological polar surface area (TPSA) is 279 Å². The van der Waals surface area contributed by atoms with Crippen LogP contribution in [0, 0.1) is 5.92 Å². The fourth-order valence-electron chi connectivity index (χ4n) is 5.60. The Balaban J connectivity index is 5.48. The Bertz CT molecular complexity index is 1440. The summed E-state index contributed by atoms with van der Waals surface area (Å²) in [7, 11) is -9.89. The van der Waals surface area contributed by atoms with Crippen molar-refractivity contribution < 1.29 is 76.6 Å². The number of nitrogens with two attached hydrogens (primary N) is 1. The Morgan fingerprint density at radius 2 is 1.35 bits per heavy atom. The van der Waals surface area contributed by atoms with E-state index in [-0.39, 0.29) is 31.4 Å². The van der Waals surface area contributed by atoms with Gasteiger partial charge in [-0.3, -0.25) is 28.0 Å². The van der Waals surface area contributed by atoms with Crippen LogP contribution in [0.4, 0.5) is 0 Å². The van der Waals surface area contributed by atoms with Gasteiger partial charge in [0.05, 0.1) is 25.9 Å². The number of aliphatic hydroxyl groups is 2. The third kappa shape index (κ3) is 39.9. The smallest absolute Gasteiger partial charge is 0.472 e. The van der Waals surface area contributed by atoms with Gasteiger partial charge in [0, 0.05) is 23.8 Å². The van der Waals surface area contributed by atoms with Crippen molar-refractivity contribution in [2.75, 3.05) is 32.2 Å². The first-order valence-electron chi connectivity index (χ1n) is 22.1. The fourth-order valence-corrected chi connectivity index (χ4v) is 7.88. The third-order valence-electron chi connectivity index (χ3n) is 9.14. The minimum atomic E-state index is -4.96.